The number of aliphatic hydroxyl groups excluding tert-OH is 1. The summed E-state index contributed by atoms with van der Waals surface area (Å²) in [5, 5.41) is 8.60. The third-order valence-electron chi connectivity index (χ3n) is 0.730. The molecule has 0 atom stereocenters. The van der Waals surface area contributed by atoms with Crippen LogP contribution in [0.5, 0.6) is 0 Å². The number of carbonyl (C=O) groups excluding carboxylic acids is 1. The van der Waals surface area contributed by atoms with Gasteiger partial charge in [-0.3, -0.25) is 4.79 Å². The molecule has 0 unspecified atom stereocenters. The zero-order valence-corrected chi connectivity index (χ0v) is 5.00. The maximum Gasteiger partial charge on any atom is 0.283 e. The molecular weight excluding hydrogens is 118 g/mol. The monoisotopic (exact) mass is 127 g/mol. The van der Waals surface area contributed by atoms with E-state index in [1.165, 1.54) is 6.08 Å². The van der Waals surface area contributed by atoms with Gasteiger partial charge >= 0.3 is 0 Å². The maximum absolute atomic E-state index is 10.1. The quantitative estimate of drug-likeness (QED) is 0.329. The van der Waals surface area contributed by atoms with Crippen molar-refractivity contribution >= 4 is 5.91 Å². The van der Waals surface area contributed by atoms with Crippen molar-refractivity contribution in [2.75, 3.05) is 0 Å². The summed E-state index contributed by atoms with van der Waals surface area (Å²) in [5.74, 6) is -1.22. The van der Waals surface area contributed by atoms with E-state index in [0.717, 1.165) is 0 Å². The number of rotatable bonds is 3. The van der Waals surface area contributed by atoms with E-state index in [1.54, 1.807) is 6.08 Å². The summed E-state index contributed by atoms with van der Waals surface area (Å²) in [7, 11) is 0. The number of aliphatic hydroxyl groups is 1. The Kier molecular flexibility index (Phi) is 3.20. The molecule has 0 aromatic heterocycles. The summed E-state index contributed by atoms with van der Waals surface area (Å²) in [4.78, 5) is 10.1. The van der Waals surface area contributed by atoms with Crippen LogP contribution in [0.1, 0.15) is 6.42 Å². The third-order valence-corrected chi connectivity index (χ3v) is 0.730. The van der Waals surface area contributed by atoms with Gasteiger partial charge in [-0.25, -0.2) is 0 Å². The van der Waals surface area contributed by atoms with Crippen LogP contribution in [0.15, 0.2) is 24.5 Å². The molecule has 0 aromatic rings. The van der Waals surface area contributed by atoms with Crippen LogP contribution < -0.4 is 5.73 Å². The fourth-order valence-electron chi connectivity index (χ4n) is 0.296. The van der Waals surface area contributed by atoms with Crippen LogP contribution in [0, 0.1) is 0 Å². The predicted molar refractivity (Wildman–Crippen MR) is 34.7 cm³/mol. The first kappa shape index (κ1) is 7.75. The topological polar surface area (TPSA) is 63.3 Å². The van der Waals surface area contributed by atoms with Gasteiger partial charge in [0, 0.05) is 0 Å². The van der Waals surface area contributed by atoms with Crippen molar-refractivity contribution in [3.8, 4) is 0 Å². The summed E-state index contributed by atoms with van der Waals surface area (Å²) in [6.07, 6.45) is 3.31. The lowest BCUT2D eigenvalue weighted by Crippen LogP contribution is -2.13. The number of allylic oxidation sites excluding steroid dienone is 2. The normalized spacial score (nSPS) is 10.9. The lowest BCUT2D eigenvalue weighted by molar-refractivity contribution is -0.116. The molecule has 3 heteroatoms. The number of carbonyl (C=O) groups is 1. The van der Waals surface area contributed by atoms with E-state index in [-0.39, 0.29) is 0 Å². The standard InChI is InChI=1S/C6H9NO2/c1-2-3-4-5(8)6(7)9/h2,4,8H,1,3H2,(H2,7,9)/b5-4-. The van der Waals surface area contributed by atoms with E-state index in [9.17, 15) is 4.79 Å². The van der Waals surface area contributed by atoms with Gasteiger partial charge in [0.05, 0.1) is 0 Å². The molecule has 3 N–H and O–H groups in total. The molecule has 9 heavy (non-hydrogen) atoms. The van der Waals surface area contributed by atoms with Crippen LogP contribution in [0.4, 0.5) is 0 Å². The molecule has 3 nitrogen and oxygen atoms in total. The van der Waals surface area contributed by atoms with E-state index < -0.39 is 11.7 Å². The molecule has 0 saturated heterocycles. The maximum atomic E-state index is 10.1. The first-order valence-corrected chi connectivity index (χ1v) is 2.48. The molecule has 0 fully saturated rings. The minimum Gasteiger partial charge on any atom is -0.503 e. The van der Waals surface area contributed by atoms with Crippen molar-refractivity contribution in [3.05, 3.63) is 24.5 Å². The van der Waals surface area contributed by atoms with E-state index in [1.807, 2.05) is 0 Å². The van der Waals surface area contributed by atoms with Crippen molar-refractivity contribution in [2.24, 2.45) is 5.73 Å². The summed E-state index contributed by atoms with van der Waals surface area (Å²) in [5.41, 5.74) is 4.69. The molecule has 1 amide bonds. The lowest BCUT2D eigenvalue weighted by atomic mass is 10.3. The van der Waals surface area contributed by atoms with Crippen molar-refractivity contribution in [3.63, 3.8) is 0 Å². The van der Waals surface area contributed by atoms with E-state index in [0.29, 0.717) is 6.42 Å². The fourth-order valence-corrected chi connectivity index (χ4v) is 0.296. The van der Waals surface area contributed by atoms with Gasteiger partial charge in [0.1, 0.15) is 0 Å². The molecule has 0 aliphatic heterocycles. The van der Waals surface area contributed by atoms with Gasteiger partial charge in [-0.05, 0) is 12.5 Å². The number of hydrogen-bond acceptors (Lipinski definition) is 2. The zero-order valence-electron chi connectivity index (χ0n) is 5.00. The highest BCUT2D eigenvalue weighted by atomic mass is 16.3. The Labute approximate surface area is 53.5 Å². The number of primary amides is 1. The van der Waals surface area contributed by atoms with Crippen LogP contribution >= 0.6 is 0 Å². The Morgan fingerprint density at radius 1 is 1.78 bits per heavy atom. The molecular formula is C6H9NO2. The second-order valence-electron chi connectivity index (χ2n) is 1.48. The van der Waals surface area contributed by atoms with E-state index in [2.05, 4.69) is 12.3 Å². The van der Waals surface area contributed by atoms with Crippen molar-refractivity contribution in [2.45, 2.75) is 6.42 Å². The Morgan fingerprint density at radius 2 is 2.33 bits per heavy atom. The minimum atomic E-state index is -0.808. The van der Waals surface area contributed by atoms with Gasteiger partial charge in [0.15, 0.2) is 5.76 Å². The Bertz CT molecular complexity index is 149. The molecule has 0 aliphatic rings. The number of nitrogens with two attached hydrogens (primary N) is 1. The fraction of sp³-hybridized carbons (Fsp3) is 0.167. The lowest BCUT2D eigenvalue weighted by Gasteiger charge is -1.88. The second kappa shape index (κ2) is 3.72. The molecule has 0 aromatic carbocycles. The zero-order chi connectivity index (χ0) is 7.28. The third kappa shape index (κ3) is 3.34. The van der Waals surface area contributed by atoms with Gasteiger partial charge in [0.25, 0.3) is 5.91 Å². The summed E-state index contributed by atoms with van der Waals surface area (Å²) in [6.45, 7) is 3.38. The second-order valence-corrected chi connectivity index (χ2v) is 1.48. The van der Waals surface area contributed by atoms with Crippen LogP contribution in [-0.2, 0) is 4.79 Å². The first-order chi connectivity index (χ1) is 4.18. The number of amides is 1. The van der Waals surface area contributed by atoms with E-state index >= 15 is 0 Å². The van der Waals surface area contributed by atoms with Gasteiger partial charge in [-0.15, -0.1) is 6.58 Å². The van der Waals surface area contributed by atoms with Gasteiger partial charge in [-0.2, -0.15) is 0 Å². The van der Waals surface area contributed by atoms with Crippen LogP contribution in [0.25, 0.3) is 0 Å². The SMILES string of the molecule is C=CC/C=C(\O)C(N)=O. The van der Waals surface area contributed by atoms with Gasteiger partial charge in [0.2, 0.25) is 0 Å². The predicted octanol–water partition coefficient (Wildman–Crippen LogP) is 0.490. The van der Waals surface area contributed by atoms with Gasteiger partial charge < -0.3 is 10.8 Å². The summed E-state index contributed by atoms with van der Waals surface area (Å²) >= 11 is 0. The smallest absolute Gasteiger partial charge is 0.283 e. The molecule has 0 saturated carbocycles. The van der Waals surface area contributed by atoms with Crippen molar-refractivity contribution in [1.29, 1.82) is 0 Å². The molecule has 50 valence electrons. The Hall–Kier alpha value is -1.25. The molecule has 0 radical (unpaired) electrons. The average Bonchev–Trinajstić information content (AvgIpc) is 1.82. The largest absolute Gasteiger partial charge is 0.503 e. The highest BCUT2D eigenvalue weighted by Gasteiger charge is 1.96. The molecule has 0 bridgehead atoms. The van der Waals surface area contributed by atoms with Gasteiger partial charge in [-0.1, -0.05) is 6.08 Å². The molecule has 0 heterocycles. The summed E-state index contributed by atoms with van der Waals surface area (Å²) < 4.78 is 0. The molecule has 0 aliphatic carbocycles. The Balaban J connectivity index is 3.83. The van der Waals surface area contributed by atoms with Crippen molar-refractivity contribution < 1.29 is 9.90 Å². The molecule has 0 rings (SSSR count). The van der Waals surface area contributed by atoms with Crippen LogP contribution in [-0.4, -0.2) is 11.0 Å². The van der Waals surface area contributed by atoms with Crippen molar-refractivity contribution in [1.82, 2.24) is 0 Å². The highest BCUT2D eigenvalue weighted by molar-refractivity contribution is 5.89. The highest BCUT2D eigenvalue weighted by Crippen LogP contribution is 1.89. The van der Waals surface area contributed by atoms with Crippen LogP contribution in [0.3, 0.4) is 0 Å². The van der Waals surface area contributed by atoms with Crippen LogP contribution in [0.2, 0.25) is 0 Å². The van der Waals surface area contributed by atoms with E-state index in [4.69, 9.17) is 5.11 Å². The minimum absolute atomic E-state index is 0.408. The molecule has 0 spiro atoms. The summed E-state index contributed by atoms with van der Waals surface area (Å²) in [6, 6.07) is 0. The number of hydrogen-bond donors (Lipinski definition) is 2. The average molecular weight is 127 g/mol. The Morgan fingerprint density at radius 3 is 2.67 bits per heavy atom. The first-order valence-electron chi connectivity index (χ1n) is 2.48.